The molecule has 1 atom stereocenters. The van der Waals surface area contributed by atoms with Gasteiger partial charge in [-0.2, -0.15) is 8.78 Å². The van der Waals surface area contributed by atoms with E-state index < -0.39 is 11.9 Å². The number of nitrogens with zero attached hydrogens (tertiary/aromatic N) is 2. The Hall–Kier alpha value is -2.72. The number of carbonyl (C=O) groups is 1. The van der Waals surface area contributed by atoms with Crippen LogP contribution in [0, 0.1) is 13.8 Å². The number of benzene rings is 2. The molecule has 0 radical (unpaired) electrons. The first kappa shape index (κ1) is 22.0. The molecule has 2 N–H and O–H groups in total. The fraction of sp³-hybridized carbons (Fsp3) is 0.250. The number of aryl methyl sites for hydroxylation is 2. The molecule has 10 heteroatoms. The molecule has 0 saturated heterocycles. The number of anilines is 3. The Morgan fingerprint density at radius 1 is 1.13 bits per heavy atom. The van der Waals surface area contributed by atoms with Crippen molar-refractivity contribution >= 4 is 45.5 Å². The summed E-state index contributed by atoms with van der Waals surface area (Å²) in [6.07, 6.45) is 0. The van der Waals surface area contributed by atoms with Gasteiger partial charge in [0.2, 0.25) is 11.0 Å². The van der Waals surface area contributed by atoms with Crippen molar-refractivity contribution in [2.45, 2.75) is 37.0 Å². The van der Waals surface area contributed by atoms with Crippen LogP contribution in [-0.2, 0) is 4.79 Å². The maximum atomic E-state index is 12.5. The lowest BCUT2D eigenvalue weighted by molar-refractivity contribution is -0.115. The lowest BCUT2D eigenvalue weighted by Gasteiger charge is -2.14. The van der Waals surface area contributed by atoms with E-state index in [1.165, 1.54) is 46.4 Å². The summed E-state index contributed by atoms with van der Waals surface area (Å²) >= 11 is 2.56. The number of aromatic nitrogens is 2. The van der Waals surface area contributed by atoms with E-state index in [4.69, 9.17) is 0 Å². The van der Waals surface area contributed by atoms with Gasteiger partial charge in [-0.1, -0.05) is 41.3 Å². The van der Waals surface area contributed by atoms with Crippen molar-refractivity contribution < 1.29 is 18.3 Å². The van der Waals surface area contributed by atoms with Gasteiger partial charge in [0.05, 0.1) is 10.9 Å². The summed E-state index contributed by atoms with van der Waals surface area (Å²) in [5, 5.41) is 14.1. The van der Waals surface area contributed by atoms with Gasteiger partial charge in [0.25, 0.3) is 0 Å². The van der Waals surface area contributed by atoms with Crippen molar-refractivity contribution in [1.29, 1.82) is 0 Å². The SMILES string of the molecule is Cc1ccc(Nc2nnc(SC(C)C(=O)Nc3ccccc3OC(F)F)s2)cc1C. The Bertz CT molecular complexity index is 1030. The van der Waals surface area contributed by atoms with Crippen LogP contribution in [0.15, 0.2) is 46.8 Å². The van der Waals surface area contributed by atoms with E-state index in [0.29, 0.717) is 9.47 Å². The summed E-state index contributed by atoms with van der Waals surface area (Å²) in [6.45, 7) is 2.81. The zero-order valence-corrected chi connectivity index (χ0v) is 18.1. The summed E-state index contributed by atoms with van der Waals surface area (Å²) < 4.78 is 30.1. The van der Waals surface area contributed by atoms with E-state index in [1.54, 1.807) is 19.1 Å². The first-order valence-corrected chi connectivity index (χ1v) is 10.7. The largest absolute Gasteiger partial charge is 0.433 e. The predicted molar refractivity (Wildman–Crippen MR) is 116 cm³/mol. The standard InChI is InChI=1S/C20H20F2N4O2S2/c1-11-8-9-14(10-12(11)2)23-19-25-26-20(30-19)29-13(3)17(27)24-15-6-4-5-7-16(15)28-18(21)22/h4-10,13,18H,1-3H3,(H,23,25)(H,24,27). The Morgan fingerprint density at radius 2 is 1.90 bits per heavy atom. The minimum Gasteiger partial charge on any atom is -0.433 e. The van der Waals surface area contributed by atoms with Gasteiger partial charge < -0.3 is 15.4 Å². The third kappa shape index (κ3) is 5.90. The summed E-state index contributed by atoms with van der Waals surface area (Å²) in [5.74, 6) is -0.446. The fourth-order valence-corrected chi connectivity index (χ4v) is 4.37. The molecular formula is C20H20F2N4O2S2. The van der Waals surface area contributed by atoms with Crippen molar-refractivity contribution in [1.82, 2.24) is 10.2 Å². The third-order valence-electron chi connectivity index (χ3n) is 4.17. The Kier molecular flexibility index (Phi) is 7.22. The normalized spacial score (nSPS) is 11.9. The quantitative estimate of drug-likeness (QED) is 0.434. The predicted octanol–water partition coefficient (Wildman–Crippen LogP) is 5.62. The number of hydrogen-bond acceptors (Lipinski definition) is 7. The van der Waals surface area contributed by atoms with Gasteiger partial charge in [0, 0.05) is 5.69 Å². The van der Waals surface area contributed by atoms with Crippen LogP contribution < -0.4 is 15.4 Å². The van der Waals surface area contributed by atoms with Gasteiger partial charge in [-0.15, -0.1) is 10.2 Å². The molecule has 0 spiro atoms. The van der Waals surface area contributed by atoms with Crippen molar-refractivity contribution in [3.05, 3.63) is 53.6 Å². The molecule has 0 aliphatic carbocycles. The van der Waals surface area contributed by atoms with Crippen molar-refractivity contribution in [2.24, 2.45) is 0 Å². The highest BCUT2D eigenvalue weighted by molar-refractivity contribution is 8.02. The van der Waals surface area contributed by atoms with Crippen molar-refractivity contribution in [2.75, 3.05) is 10.6 Å². The van der Waals surface area contributed by atoms with E-state index in [0.717, 1.165) is 5.69 Å². The monoisotopic (exact) mass is 450 g/mol. The number of thioether (sulfide) groups is 1. The minimum absolute atomic E-state index is 0.0890. The van der Waals surface area contributed by atoms with Crippen LogP contribution in [0.1, 0.15) is 18.1 Å². The molecular weight excluding hydrogens is 430 g/mol. The third-order valence-corrected chi connectivity index (χ3v) is 6.20. The second kappa shape index (κ2) is 9.86. The summed E-state index contributed by atoms with van der Waals surface area (Å²) in [5.41, 5.74) is 3.46. The second-order valence-electron chi connectivity index (χ2n) is 6.42. The molecule has 0 bridgehead atoms. The molecule has 1 aromatic heterocycles. The lowest BCUT2D eigenvalue weighted by atomic mass is 10.1. The second-order valence-corrected chi connectivity index (χ2v) is 8.99. The smallest absolute Gasteiger partial charge is 0.387 e. The molecule has 1 unspecified atom stereocenters. The molecule has 6 nitrogen and oxygen atoms in total. The van der Waals surface area contributed by atoms with Crippen LogP contribution in [0.2, 0.25) is 0 Å². The van der Waals surface area contributed by atoms with Crippen molar-refractivity contribution in [3.63, 3.8) is 0 Å². The number of amides is 1. The molecule has 3 rings (SSSR count). The number of ether oxygens (including phenoxy) is 1. The van der Waals surface area contributed by atoms with Crippen LogP contribution in [0.25, 0.3) is 0 Å². The number of rotatable bonds is 8. The molecule has 0 saturated carbocycles. The number of halogens is 2. The fourth-order valence-electron chi connectivity index (χ4n) is 2.46. The topological polar surface area (TPSA) is 76.1 Å². The van der Waals surface area contributed by atoms with Crippen LogP contribution in [0.4, 0.5) is 25.3 Å². The van der Waals surface area contributed by atoms with Gasteiger partial charge in [-0.3, -0.25) is 4.79 Å². The van der Waals surface area contributed by atoms with Gasteiger partial charge in [-0.25, -0.2) is 0 Å². The molecule has 1 heterocycles. The van der Waals surface area contributed by atoms with Gasteiger partial charge in [0.15, 0.2) is 4.34 Å². The molecule has 0 aliphatic heterocycles. The molecule has 2 aromatic carbocycles. The first-order chi connectivity index (χ1) is 14.3. The van der Waals surface area contributed by atoms with Crippen molar-refractivity contribution in [3.8, 4) is 5.75 Å². The molecule has 158 valence electrons. The Labute approximate surface area is 181 Å². The summed E-state index contributed by atoms with van der Waals surface area (Å²) in [6, 6.07) is 12.1. The highest BCUT2D eigenvalue weighted by atomic mass is 32.2. The zero-order valence-electron chi connectivity index (χ0n) is 16.5. The minimum atomic E-state index is -2.97. The van der Waals surface area contributed by atoms with E-state index >= 15 is 0 Å². The van der Waals surface area contributed by atoms with Gasteiger partial charge in [-0.05, 0) is 56.2 Å². The summed E-state index contributed by atoms with van der Waals surface area (Å²) in [7, 11) is 0. The molecule has 3 aromatic rings. The van der Waals surface area contributed by atoms with Crippen LogP contribution in [-0.4, -0.2) is 28.0 Å². The van der Waals surface area contributed by atoms with E-state index in [9.17, 15) is 13.6 Å². The maximum absolute atomic E-state index is 12.5. The van der Waals surface area contributed by atoms with E-state index in [1.807, 2.05) is 32.0 Å². The number of alkyl halides is 2. The average molecular weight is 451 g/mol. The molecule has 30 heavy (non-hydrogen) atoms. The maximum Gasteiger partial charge on any atom is 0.387 e. The highest BCUT2D eigenvalue weighted by Gasteiger charge is 2.19. The zero-order chi connectivity index (χ0) is 21.7. The van der Waals surface area contributed by atoms with Gasteiger partial charge >= 0.3 is 6.61 Å². The number of para-hydroxylation sites is 2. The van der Waals surface area contributed by atoms with E-state index in [-0.39, 0.29) is 17.3 Å². The van der Waals surface area contributed by atoms with E-state index in [2.05, 4.69) is 25.6 Å². The highest BCUT2D eigenvalue weighted by Crippen LogP contribution is 2.32. The molecule has 0 aliphatic rings. The number of nitrogens with one attached hydrogen (secondary N) is 2. The average Bonchev–Trinajstić information content (AvgIpc) is 3.12. The van der Waals surface area contributed by atoms with Gasteiger partial charge in [0.1, 0.15) is 5.75 Å². The molecule has 0 fully saturated rings. The lowest BCUT2D eigenvalue weighted by Crippen LogP contribution is -2.23. The molecule has 1 amide bonds. The Morgan fingerprint density at radius 3 is 2.63 bits per heavy atom. The van der Waals surface area contributed by atoms with Crippen LogP contribution in [0.5, 0.6) is 5.75 Å². The number of carbonyl (C=O) groups excluding carboxylic acids is 1. The first-order valence-electron chi connectivity index (χ1n) is 9.01. The summed E-state index contributed by atoms with van der Waals surface area (Å²) in [4.78, 5) is 12.5. The Balaban J connectivity index is 1.60. The number of hydrogen-bond donors (Lipinski definition) is 2. The van der Waals surface area contributed by atoms with Crippen LogP contribution >= 0.6 is 23.1 Å². The van der Waals surface area contributed by atoms with Crippen LogP contribution in [0.3, 0.4) is 0 Å².